The fourth-order valence-electron chi connectivity index (χ4n) is 2.94. The second-order valence-corrected chi connectivity index (χ2v) is 5.82. The molecule has 1 N–H and O–H groups in total. The van der Waals surface area contributed by atoms with Gasteiger partial charge in [-0.1, -0.05) is 6.92 Å². The Morgan fingerprint density at radius 1 is 1.29 bits per heavy atom. The zero-order chi connectivity index (χ0) is 15.6. The molecule has 1 aliphatic rings. The lowest BCUT2D eigenvalue weighted by molar-refractivity contribution is -0.152. The minimum atomic E-state index is -0.745. The van der Waals surface area contributed by atoms with Crippen molar-refractivity contribution in [3.63, 3.8) is 0 Å². The zero-order valence-electron chi connectivity index (χ0n) is 12.8. The molecule has 0 spiro atoms. The van der Waals surface area contributed by atoms with Gasteiger partial charge in [-0.2, -0.15) is 0 Å². The van der Waals surface area contributed by atoms with E-state index in [4.69, 9.17) is 0 Å². The standard InChI is InChI=1S/C16H22N2O3/c1-4-16(15(20)21)7-9-18(10-8-16)14(19)13-6-5-11(2)17-12(13)3/h5-6H,4,7-10H2,1-3H3,(H,20,21). The largest absolute Gasteiger partial charge is 0.481 e. The molecule has 0 unspecified atom stereocenters. The highest BCUT2D eigenvalue weighted by Crippen LogP contribution is 2.35. The van der Waals surface area contributed by atoms with Gasteiger partial charge in [0.1, 0.15) is 0 Å². The van der Waals surface area contributed by atoms with Crippen molar-refractivity contribution in [1.82, 2.24) is 9.88 Å². The summed E-state index contributed by atoms with van der Waals surface area (Å²) < 4.78 is 0. The first-order chi connectivity index (χ1) is 9.89. The van der Waals surface area contributed by atoms with E-state index >= 15 is 0 Å². The van der Waals surface area contributed by atoms with E-state index in [9.17, 15) is 14.7 Å². The molecular weight excluding hydrogens is 268 g/mol. The lowest BCUT2D eigenvalue weighted by atomic mass is 9.76. The Balaban J connectivity index is 2.12. The SMILES string of the molecule is CCC1(C(=O)O)CCN(C(=O)c2ccc(C)nc2C)CC1. The van der Waals surface area contributed by atoms with Crippen LogP contribution in [0.25, 0.3) is 0 Å². The molecule has 0 aromatic carbocycles. The number of hydrogen-bond acceptors (Lipinski definition) is 3. The molecule has 0 aliphatic carbocycles. The Bertz CT molecular complexity index is 561. The first-order valence-corrected chi connectivity index (χ1v) is 7.36. The summed E-state index contributed by atoms with van der Waals surface area (Å²) in [4.78, 5) is 30.0. The van der Waals surface area contributed by atoms with Gasteiger partial charge < -0.3 is 10.0 Å². The molecule has 1 amide bonds. The van der Waals surface area contributed by atoms with Crippen molar-refractivity contribution < 1.29 is 14.7 Å². The second kappa shape index (κ2) is 5.84. The van der Waals surface area contributed by atoms with Crippen molar-refractivity contribution in [2.24, 2.45) is 5.41 Å². The molecule has 1 aromatic rings. The van der Waals surface area contributed by atoms with Gasteiger partial charge in [-0.05, 0) is 45.2 Å². The molecule has 5 heteroatoms. The fourth-order valence-corrected chi connectivity index (χ4v) is 2.94. The van der Waals surface area contributed by atoms with Gasteiger partial charge in [-0.15, -0.1) is 0 Å². The highest BCUT2D eigenvalue weighted by Gasteiger charge is 2.41. The number of aromatic nitrogens is 1. The van der Waals surface area contributed by atoms with Crippen LogP contribution in [0.15, 0.2) is 12.1 Å². The normalized spacial score (nSPS) is 17.6. The third-order valence-corrected chi connectivity index (χ3v) is 4.59. The number of likely N-dealkylation sites (tertiary alicyclic amines) is 1. The van der Waals surface area contributed by atoms with Crippen LogP contribution in [0.1, 0.15) is 47.9 Å². The van der Waals surface area contributed by atoms with Crippen LogP contribution < -0.4 is 0 Å². The van der Waals surface area contributed by atoms with Gasteiger partial charge in [0, 0.05) is 18.8 Å². The molecule has 1 fully saturated rings. The third kappa shape index (κ3) is 2.91. The van der Waals surface area contributed by atoms with E-state index < -0.39 is 11.4 Å². The molecule has 0 saturated carbocycles. The number of carboxylic acid groups (broad SMARTS) is 1. The van der Waals surface area contributed by atoms with Crippen molar-refractivity contribution in [2.45, 2.75) is 40.0 Å². The zero-order valence-corrected chi connectivity index (χ0v) is 12.8. The Morgan fingerprint density at radius 3 is 2.38 bits per heavy atom. The maximum absolute atomic E-state index is 12.5. The molecule has 1 aromatic heterocycles. The monoisotopic (exact) mass is 290 g/mol. The molecular formula is C16H22N2O3. The number of amides is 1. The van der Waals surface area contributed by atoms with Crippen molar-refractivity contribution >= 4 is 11.9 Å². The number of carbonyl (C=O) groups excluding carboxylic acids is 1. The predicted octanol–water partition coefficient (Wildman–Crippen LogP) is 2.42. The Hall–Kier alpha value is -1.91. The van der Waals surface area contributed by atoms with Crippen LogP contribution in [0.4, 0.5) is 0 Å². The van der Waals surface area contributed by atoms with E-state index in [-0.39, 0.29) is 5.91 Å². The Morgan fingerprint density at radius 2 is 1.90 bits per heavy atom. The third-order valence-electron chi connectivity index (χ3n) is 4.59. The number of carboxylic acids is 1. The summed E-state index contributed by atoms with van der Waals surface area (Å²) in [6, 6.07) is 3.64. The van der Waals surface area contributed by atoms with Gasteiger partial charge in [0.05, 0.1) is 16.7 Å². The Labute approximate surface area is 125 Å². The van der Waals surface area contributed by atoms with E-state index in [0.717, 1.165) is 11.4 Å². The molecule has 1 saturated heterocycles. The number of aliphatic carboxylic acids is 1. The summed E-state index contributed by atoms with van der Waals surface area (Å²) in [6.07, 6.45) is 1.64. The van der Waals surface area contributed by atoms with Gasteiger partial charge in [-0.3, -0.25) is 14.6 Å². The van der Waals surface area contributed by atoms with Gasteiger partial charge in [0.15, 0.2) is 0 Å². The second-order valence-electron chi connectivity index (χ2n) is 5.82. The number of rotatable bonds is 3. The molecule has 2 heterocycles. The minimum Gasteiger partial charge on any atom is -0.481 e. The lowest BCUT2D eigenvalue weighted by Crippen LogP contribution is -2.46. The van der Waals surface area contributed by atoms with Crippen molar-refractivity contribution in [3.05, 3.63) is 29.1 Å². The van der Waals surface area contributed by atoms with E-state index in [1.165, 1.54) is 0 Å². The number of hydrogen-bond donors (Lipinski definition) is 1. The summed E-state index contributed by atoms with van der Waals surface area (Å²) in [7, 11) is 0. The van der Waals surface area contributed by atoms with Gasteiger partial charge >= 0.3 is 5.97 Å². The molecule has 1 aliphatic heterocycles. The molecule has 0 bridgehead atoms. The number of aryl methyl sites for hydroxylation is 2. The summed E-state index contributed by atoms with van der Waals surface area (Å²) >= 11 is 0. The lowest BCUT2D eigenvalue weighted by Gasteiger charge is -2.38. The van der Waals surface area contributed by atoms with Gasteiger partial charge in [-0.25, -0.2) is 0 Å². The summed E-state index contributed by atoms with van der Waals surface area (Å²) in [5.74, 6) is -0.791. The van der Waals surface area contributed by atoms with Crippen molar-refractivity contribution in [2.75, 3.05) is 13.1 Å². The maximum Gasteiger partial charge on any atom is 0.309 e. The summed E-state index contributed by atoms with van der Waals surface area (Å²) in [6.45, 7) is 6.61. The van der Waals surface area contributed by atoms with E-state index in [2.05, 4.69) is 4.98 Å². The van der Waals surface area contributed by atoms with E-state index in [1.807, 2.05) is 26.8 Å². The average molecular weight is 290 g/mol. The molecule has 5 nitrogen and oxygen atoms in total. The quantitative estimate of drug-likeness (QED) is 0.928. The van der Waals surface area contributed by atoms with Crippen LogP contribution in [0.5, 0.6) is 0 Å². The highest BCUT2D eigenvalue weighted by atomic mass is 16.4. The van der Waals surface area contributed by atoms with Gasteiger partial charge in [0.2, 0.25) is 0 Å². The number of carbonyl (C=O) groups is 2. The fraction of sp³-hybridized carbons (Fsp3) is 0.562. The first kappa shape index (κ1) is 15.5. The topological polar surface area (TPSA) is 70.5 Å². The first-order valence-electron chi connectivity index (χ1n) is 7.36. The summed E-state index contributed by atoms with van der Waals surface area (Å²) in [5.41, 5.74) is 1.56. The van der Waals surface area contributed by atoms with Crippen LogP contribution in [0.3, 0.4) is 0 Å². The molecule has 0 radical (unpaired) electrons. The van der Waals surface area contributed by atoms with Crippen LogP contribution in [-0.4, -0.2) is 40.0 Å². The molecule has 114 valence electrons. The van der Waals surface area contributed by atoms with Crippen molar-refractivity contribution in [1.29, 1.82) is 0 Å². The maximum atomic E-state index is 12.5. The smallest absolute Gasteiger partial charge is 0.309 e. The van der Waals surface area contributed by atoms with E-state index in [1.54, 1.807) is 11.0 Å². The number of pyridine rings is 1. The Kier molecular flexibility index (Phi) is 4.30. The van der Waals surface area contributed by atoms with Crippen LogP contribution in [0.2, 0.25) is 0 Å². The molecule has 2 rings (SSSR count). The average Bonchev–Trinajstić information content (AvgIpc) is 2.46. The minimum absolute atomic E-state index is 0.0462. The van der Waals surface area contributed by atoms with E-state index in [0.29, 0.717) is 37.9 Å². The number of piperidine rings is 1. The highest BCUT2D eigenvalue weighted by molar-refractivity contribution is 5.95. The van der Waals surface area contributed by atoms with Crippen LogP contribution in [-0.2, 0) is 4.79 Å². The molecule has 0 atom stereocenters. The van der Waals surface area contributed by atoms with Crippen LogP contribution >= 0.6 is 0 Å². The summed E-state index contributed by atoms with van der Waals surface area (Å²) in [5, 5.41) is 9.39. The number of nitrogens with zero attached hydrogens (tertiary/aromatic N) is 2. The van der Waals surface area contributed by atoms with Crippen molar-refractivity contribution in [3.8, 4) is 0 Å². The van der Waals surface area contributed by atoms with Crippen LogP contribution in [0, 0.1) is 19.3 Å². The predicted molar refractivity (Wildman–Crippen MR) is 79.2 cm³/mol. The molecule has 21 heavy (non-hydrogen) atoms. The van der Waals surface area contributed by atoms with Gasteiger partial charge in [0.25, 0.3) is 5.91 Å².